The minimum Gasteiger partial charge on any atom is -0.311 e. The molecule has 17 heavy (non-hydrogen) atoms. The Kier molecular flexibility index (Phi) is 5.19. The van der Waals surface area contributed by atoms with Crippen molar-refractivity contribution in [3.63, 3.8) is 0 Å². The van der Waals surface area contributed by atoms with Crippen LogP contribution in [0.1, 0.15) is 50.8 Å². The SMILES string of the molecule is CCCCc1c(C)[nH]c(=O)n(CCCC)c1=O. The number of H-pyrrole nitrogens is 1. The second kappa shape index (κ2) is 6.42. The van der Waals surface area contributed by atoms with Crippen LogP contribution in [0.2, 0.25) is 0 Å². The third kappa shape index (κ3) is 3.32. The number of unbranched alkanes of at least 4 members (excludes halogenated alkanes) is 2. The Balaban J connectivity index is 3.13. The van der Waals surface area contributed by atoms with E-state index in [4.69, 9.17) is 0 Å². The highest BCUT2D eigenvalue weighted by molar-refractivity contribution is 5.15. The number of nitrogens with one attached hydrogen (secondary N) is 1. The first kappa shape index (κ1) is 13.7. The molecule has 0 radical (unpaired) electrons. The molecular weight excluding hydrogens is 216 g/mol. The lowest BCUT2D eigenvalue weighted by atomic mass is 10.1. The summed E-state index contributed by atoms with van der Waals surface area (Å²) in [4.78, 5) is 26.6. The molecule has 1 heterocycles. The minimum absolute atomic E-state index is 0.104. The Morgan fingerprint density at radius 2 is 1.76 bits per heavy atom. The van der Waals surface area contributed by atoms with E-state index in [-0.39, 0.29) is 11.2 Å². The highest BCUT2D eigenvalue weighted by Crippen LogP contribution is 2.02. The summed E-state index contributed by atoms with van der Waals surface area (Å²) < 4.78 is 1.33. The van der Waals surface area contributed by atoms with Crippen molar-refractivity contribution in [1.82, 2.24) is 9.55 Å². The van der Waals surface area contributed by atoms with Gasteiger partial charge in [0, 0.05) is 17.8 Å². The van der Waals surface area contributed by atoms with Gasteiger partial charge in [-0.25, -0.2) is 4.79 Å². The molecule has 0 amide bonds. The van der Waals surface area contributed by atoms with Crippen LogP contribution in [0.5, 0.6) is 0 Å². The molecule has 1 aromatic heterocycles. The van der Waals surface area contributed by atoms with Gasteiger partial charge in [-0.2, -0.15) is 0 Å². The van der Waals surface area contributed by atoms with Crippen molar-refractivity contribution in [3.8, 4) is 0 Å². The van der Waals surface area contributed by atoms with Gasteiger partial charge >= 0.3 is 5.69 Å². The van der Waals surface area contributed by atoms with Crippen LogP contribution in [0.15, 0.2) is 9.59 Å². The molecule has 0 spiro atoms. The zero-order valence-electron chi connectivity index (χ0n) is 11.0. The van der Waals surface area contributed by atoms with Crippen molar-refractivity contribution in [2.24, 2.45) is 0 Å². The Hall–Kier alpha value is -1.32. The van der Waals surface area contributed by atoms with E-state index in [1.54, 1.807) is 6.92 Å². The summed E-state index contributed by atoms with van der Waals surface area (Å²) >= 11 is 0. The van der Waals surface area contributed by atoms with Gasteiger partial charge in [0.2, 0.25) is 0 Å². The Morgan fingerprint density at radius 3 is 2.35 bits per heavy atom. The summed E-state index contributed by atoms with van der Waals surface area (Å²) in [5.74, 6) is 0. The molecule has 0 atom stereocenters. The number of aromatic nitrogens is 2. The van der Waals surface area contributed by atoms with E-state index in [0.717, 1.165) is 43.4 Å². The first-order valence-electron chi connectivity index (χ1n) is 6.44. The highest BCUT2D eigenvalue weighted by atomic mass is 16.2. The number of nitrogens with zero attached hydrogens (tertiary/aromatic N) is 1. The first-order chi connectivity index (χ1) is 8.11. The molecule has 0 aliphatic carbocycles. The predicted octanol–water partition coefficient (Wildman–Crippen LogP) is 1.99. The average Bonchev–Trinajstić information content (AvgIpc) is 2.28. The molecular formula is C13H22N2O2. The fourth-order valence-corrected chi connectivity index (χ4v) is 1.89. The fraction of sp³-hybridized carbons (Fsp3) is 0.692. The number of aryl methyl sites for hydroxylation is 1. The van der Waals surface area contributed by atoms with Crippen molar-refractivity contribution in [1.29, 1.82) is 0 Å². The van der Waals surface area contributed by atoms with Gasteiger partial charge in [0.1, 0.15) is 0 Å². The lowest BCUT2D eigenvalue weighted by molar-refractivity contribution is 0.571. The molecule has 0 aliphatic rings. The first-order valence-corrected chi connectivity index (χ1v) is 6.44. The Bertz CT molecular complexity index is 471. The third-order valence-electron chi connectivity index (χ3n) is 3.01. The van der Waals surface area contributed by atoms with Crippen LogP contribution < -0.4 is 11.2 Å². The topological polar surface area (TPSA) is 54.9 Å². The molecule has 1 N–H and O–H groups in total. The zero-order valence-corrected chi connectivity index (χ0v) is 11.0. The highest BCUT2D eigenvalue weighted by Gasteiger charge is 2.10. The largest absolute Gasteiger partial charge is 0.328 e. The van der Waals surface area contributed by atoms with E-state index in [9.17, 15) is 9.59 Å². The standard InChI is InChI=1S/C13H22N2O2/c1-4-6-8-11-10(3)14-13(17)15(12(11)16)9-7-5-2/h4-9H2,1-3H3,(H,14,17). The van der Waals surface area contributed by atoms with Crippen molar-refractivity contribution in [3.05, 3.63) is 32.1 Å². The summed E-state index contributed by atoms with van der Waals surface area (Å²) in [6.07, 6.45) is 4.62. The lowest BCUT2D eigenvalue weighted by Crippen LogP contribution is -2.38. The molecule has 0 bridgehead atoms. The van der Waals surface area contributed by atoms with Gasteiger partial charge in [-0.15, -0.1) is 0 Å². The Labute approximate surface area is 102 Å². The van der Waals surface area contributed by atoms with Gasteiger partial charge in [-0.3, -0.25) is 9.36 Å². The average molecular weight is 238 g/mol. The van der Waals surface area contributed by atoms with Crippen LogP contribution in [-0.4, -0.2) is 9.55 Å². The van der Waals surface area contributed by atoms with E-state index >= 15 is 0 Å². The molecule has 0 aromatic carbocycles. The van der Waals surface area contributed by atoms with Gasteiger partial charge < -0.3 is 4.98 Å². The molecule has 4 heteroatoms. The number of rotatable bonds is 6. The van der Waals surface area contributed by atoms with Crippen LogP contribution >= 0.6 is 0 Å². The van der Waals surface area contributed by atoms with Crippen LogP contribution in [0.3, 0.4) is 0 Å². The van der Waals surface area contributed by atoms with Crippen LogP contribution in [0, 0.1) is 6.92 Å². The summed E-state index contributed by atoms with van der Waals surface area (Å²) in [6.45, 7) is 6.46. The zero-order chi connectivity index (χ0) is 12.8. The summed E-state index contributed by atoms with van der Waals surface area (Å²) in [6, 6.07) is 0. The molecule has 0 saturated heterocycles. The van der Waals surface area contributed by atoms with Crippen molar-refractivity contribution < 1.29 is 0 Å². The Morgan fingerprint density at radius 1 is 1.12 bits per heavy atom. The van der Waals surface area contributed by atoms with Gasteiger partial charge in [0.25, 0.3) is 5.56 Å². The molecule has 4 nitrogen and oxygen atoms in total. The van der Waals surface area contributed by atoms with Crippen molar-refractivity contribution in [2.75, 3.05) is 0 Å². The maximum atomic E-state index is 12.2. The summed E-state index contributed by atoms with van der Waals surface area (Å²) in [7, 11) is 0. The monoisotopic (exact) mass is 238 g/mol. The fourth-order valence-electron chi connectivity index (χ4n) is 1.89. The van der Waals surface area contributed by atoms with Gasteiger partial charge in [0.15, 0.2) is 0 Å². The maximum Gasteiger partial charge on any atom is 0.328 e. The predicted molar refractivity (Wildman–Crippen MR) is 69.6 cm³/mol. The molecule has 0 aliphatic heterocycles. The second-order valence-electron chi connectivity index (χ2n) is 4.45. The van der Waals surface area contributed by atoms with Gasteiger partial charge in [0.05, 0.1) is 0 Å². The molecule has 1 rings (SSSR count). The number of hydrogen-bond donors (Lipinski definition) is 1. The normalized spacial score (nSPS) is 10.8. The third-order valence-corrected chi connectivity index (χ3v) is 3.01. The maximum absolute atomic E-state index is 12.2. The molecule has 1 aromatic rings. The van der Waals surface area contributed by atoms with E-state index in [1.807, 2.05) is 6.92 Å². The minimum atomic E-state index is -0.277. The van der Waals surface area contributed by atoms with Gasteiger partial charge in [-0.1, -0.05) is 26.7 Å². The van der Waals surface area contributed by atoms with E-state index in [2.05, 4.69) is 11.9 Å². The van der Waals surface area contributed by atoms with E-state index < -0.39 is 0 Å². The smallest absolute Gasteiger partial charge is 0.311 e. The van der Waals surface area contributed by atoms with Crippen molar-refractivity contribution in [2.45, 2.75) is 59.4 Å². The van der Waals surface area contributed by atoms with Crippen LogP contribution in [0.25, 0.3) is 0 Å². The van der Waals surface area contributed by atoms with Crippen LogP contribution in [0.4, 0.5) is 0 Å². The molecule has 0 unspecified atom stereocenters. The number of hydrogen-bond acceptors (Lipinski definition) is 2. The second-order valence-corrected chi connectivity index (χ2v) is 4.45. The lowest BCUT2D eigenvalue weighted by Gasteiger charge is -2.09. The van der Waals surface area contributed by atoms with Crippen molar-refractivity contribution >= 4 is 0 Å². The summed E-state index contributed by atoms with van der Waals surface area (Å²) in [5.41, 5.74) is 1.11. The van der Waals surface area contributed by atoms with Gasteiger partial charge in [-0.05, 0) is 26.2 Å². The summed E-state index contributed by atoms with van der Waals surface area (Å²) in [5, 5.41) is 0. The van der Waals surface area contributed by atoms with E-state index in [0.29, 0.717) is 6.54 Å². The van der Waals surface area contributed by atoms with E-state index in [1.165, 1.54) is 4.57 Å². The molecule has 96 valence electrons. The number of aromatic amines is 1. The quantitative estimate of drug-likeness (QED) is 0.824. The van der Waals surface area contributed by atoms with Crippen LogP contribution in [-0.2, 0) is 13.0 Å². The molecule has 0 fully saturated rings. The molecule has 0 saturated carbocycles.